The first-order valence-corrected chi connectivity index (χ1v) is 6.63. The minimum atomic E-state index is 0.0859. The summed E-state index contributed by atoms with van der Waals surface area (Å²) in [5.74, 6) is 1.81. The summed E-state index contributed by atoms with van der Waals surface area (Å²) in [7, 11) is 3.31. The molecule has 0 radical (unpaired) electrons. The molecule has 0 atom stereocenters. The average molecular weight is 220 g/mol. The van der Waals surface area contributed by atoms with E-state index >= 15 is 0 Å². The second kappa shape index (κ2) is 6.45. The van der Waals surface area contributed by atoms with E-state index in [1.165, 1.54) is 0 Å². The van der Waals surface area contributed by atoms with Gasteiger partial charge < -0.3 is 4.74 Å². The number of ketones is 2. The summed E-state index contributed by atoms with van der Waals surface area (Å²) in [4.78, 5) is 22.1. The maximum Gasteiger partial charge on any atom is 0.159 e. The number of carbonyl (C=O) groups excluding carboxylic acids is 2. The van der Waals surface area contributed by atoms with Crippen molar-refractivity contribution in [2.24, 2.45) is 0 Å². The third-order valence-corrected chi connectivity index (χ3v) is 3.95. The molecule has 0 aromatic carbocycles. The van der Waals surface area contributed by atoms with Crippen LogP contribution in [0.3, 0.4) is 0 Å². The molecule has 0 aliphatic carbocycles. The van der Waals surface area contributed by atoms with Crippen molar-refractivity contribution in [3.8, 4) is 0 Å². The molecule has 0 spiro atoms. The topological polar surface area (TPSA) is 43.4 Å². The minimum absolute atomic E-state index is 0.0859. The SMILES string of the molecule is O=C1CCSSCCC(=O)COC1. The van der Waals surface area contributed by atoms with Gasteiger partial charge in [-0.3, -0.25) is 9.59 Å². The highest BCUT2D eigenvalue weighted by molar-refractivity contribution is 8.76. The van der Waals surface area contributed by atoms with Crippen molar-refractivity contribution in [2.45, 2.75) is 12.8 Å². The molecule has 74 valence electrons. The van der Waals surface area contributed by atoms with Gasteiger partial charge in [-0.1, -0.05) is 21.6 Å². The first-order valence-electron chi connectivity index (χ1n) is 4.14. The number of carbonyl (C=O) groups is 2. The molecule has 1 fully saturated rings. The maximum absolute atomic E-state index is 11.1. The predicted octanol–water partition coefficient (Wildman–Crippen LogP) is 1.32. The molecule has 0 saturated carbocycles. The highest BCUT2D eigenvalue weighted by Gasteiger charge is 2.08. The van der Waals surface area contributed by atoms with Gasteiger partial charge in [0.1, 0.15) is 13.2 Å². The minimum Gasteiger partial charge on any atom is -0.366 e. The Bertz CT molecular complexity index is 174. The van der Waals surface area contributed by atoms with E-state index in [1.54, 1.807) is 21.6 Å². The molecule has 1 aliphatic heterocycles. The Kier molecular flexibility index (Phi) is 5.50. The monoisotopic (exact) mass is 220 g/mol. The molecule has 3 nitrogen and oxygen atoms in total. The largest absolute Gasteiger partial charge is 0.366 e. The highest BCUT2D eigenvalue weighted by Crippen LogP contribution is 2.23. The molecule has 0 bridgehead atoms. The summed E-state index contributed by atoms with van der Waals surface area (Å²) < 4.78 is 4.97. The normalized spacial score (nSPS) is 22.5. The highest BCUT2D eigenvalue weighted by atomic mass is 33.1. The Morgan fingerprint density at radius 3 is 1.85 bits per heavy atom. The summed E-state index contributed by atoms with van der Waals surface area (Å²) in [5, 5.41) is 0. The standard InChI is InChI=1S/C8H12O3S2/c9-7-1-3-12-13-4-2-8(10)6-11-5-7/h1-6H2. The lowest BCUT2D eigenvalue weighted by molar-refractivity contribution is -0.128. The van der Waals surface area contributed by atoms with Crippen molar-refractivity contribution in [2.75, 3.05) is 24.7 Å². The van der Waals surface area contributed by atoms with Crippen LogP contribution < -0.4 is 0 Å². The zero-order valence-corrected chi connectivity index (χ0v) is 8.92. The number of rotatable bonds is 0. The van der Waals surface area contributed by atoms with E-state index in [2.05, 4.69) is 0 Å². The van der Waals surface area contributed by atoms with E-state index in [0.717, 1.165) is 11.5 Å². The smallest absolute Gasteiger partial charge is 0.159 e. The molecule has 5 heteroatoms. The van der Waals surface area contributed by atoms with Crippen LogP contribution in [0.4, 0.5) is 0 Å². The Morgan fingerprint density at radius 2 is 1.38 bits per heavy atom. The summed E-state index contributed by atoms with van der Waals surface area (Å²) in [6, 6.07) is 0. The predicted molar refractivity (Wildman–Crippen MR) is 55.0 cm³/mol. The molecule has 1 rings (SSSR count). The molecule has 13 heavy (non-hydrogen) atoms. The first-order chi connectivity index (χ1) is 6.29. The van der Waals surface area contributed by atoms with E-state index in [9.17, 15) is 9.59 Å². The lowest BCUT2D eigenvalue weighted by atomic mass is 10.3. The van der Waals surface area contributed by atoms with Crippen LogP contribution in [0.2, 0.25) is 0 Å². The van der Waals surface area contributed by atoms with Crippen molar-refractivity contribution in [3.63, 3.8) is 0 Å². The summed E-state index contributed by atoms with van der Waals surface area (Å²) in [5.41, 5.74) is 0. The van der Waals surface area contributed by atoms with Crippen LogP contribution >= 0.6 is 21.6 Å². The van der Waals surface area contributed by atoms with Crippen LogP contribution in [0.15, 0.2) is 0 Å². The molecule has 0 aromatic heterocycles. The number of hydrogen-bond acceptors (Lipinski definition) is 5. The molecule has 1 aliphatic rings. The summed E-state index contributed by atoms with van der Waals surface area (Å²) >= 11 is 0. The van der Waals surface area contributed by atoms with E-state index in [1.807, 2.05) is 0 Å². The maximum atomic E-state index is 11.1. The Morgan fingerprint density at radius 1 is 0.923 bits per heavy atom. The van der Waals surface area contributed by atoms with Crippen LogP contribution in [0.1, 0.15) is 12.8 Å². The second-order valence-corrected chi connectivity index (χ2v) is 5.42. The summed E-state index contributed by atoms with van der Waals surface area (Å²) in [6.45, 7) is 0.188. The lowest BCUT2D eigenvalue weighted by Crippen LogP contribution is -2.14. The van der Waals surface area contributed by atoms with Gasteiger partial charge >= 0.3 is 0 Å². The second-order valence-electron chi connectivity index (χ2n) is 2.71. The van der Waals surface area contributed by atoms with E-state index < -0.39 is 0 Å². The fourth-order valence-electron chi connectivity index (χ4n) is 0.852. The van der Waals surface area contributed by atoms with Gasteiger partial charge in [0, 0.05) is 24.3 Å². The Balaban J connectivity index is 2.31. The van der Waals surface area contributed by atoms with Crippen molar-refractivity contribution in [1.82, 2.24) is 0 Å². The van der Waals surface area contributed by atoms with Crippen LogP contribution in [0.5, 0.6) is 0 Å². The van der Waals surface area contributed by atoms with Gasteiger partial charge in [0.2, 0.25) is 0 Å². The fraction of sp³-hybridized carbons (Fsp3) is 0.750. The number of hydrogen-bond donors (Lipinski definition) is 0. The Labute approximate surface area is 85.4 Å². The van der Waals surface area contributed by atoms with E-state index in [-0.39, 0.29) is 24.8 Å². The average Bonchev–Trinajstić information content (AvgIpc) is 2.13. The van der Waals surface area contributed by atoms with Gasteiger partial charge in [0.25, 0.3) is 0 Å². The lowest BCUT2D eigenvalue weighted by Gasteiger charge is -1.99. The van der Waals surface area contributed by atoms with Gasteiger partial charge in [-0.15, -0.1) is 0 Å². The third-order valence-electron chi connectivity index (χ3n) is 1.54. The van der Waals surface area contributed by atoms with Gasteiger partial charge in [0.05, 0.1) is 0 Å². The zero-order chi connectivity index (χ0) is 9.52. The van der Waals surface area contributed by atoms with Gasteiger partial charge in [-0.05, 0) is 0 Å². The van der Waals surface area contributed by atoms with E-state index in [4.69, 9.17) is 4.74 Å². The van der Waals surface area contributed by atoms with Crippen LogP contribution in [0.25, 0.3) is 0 Å². The molecule has 0 N–H and O–H groups in total. The molecular weight excluding hydrogens is 208 g/mol. The Hall–Kier alpha value is -0.0000000000000000763. The van der Waals surface area contributed by atoms with Crippen molar-refractivity contribution >= 4 is 33.2 Å². The van der Waals surface area contributed by atoms with Gasteiger partial charge in [-0.25, -0.2) is 0 Å². The third kappa shape index (κ3) is 5.33. The van der Waals surface area contributed by atoms with Gasteiger partial charge in [0.15, 0.2) is 11.6 Å². The number of ether oxygens (including phenoxy) is 1. The van der Waals surface area contributed by atoms with Crippen LogP contribution in [-0.4, -0.2) is 36.3 Å². The van der Waals surface area contributed by atoms with Gasteiger partial charge in [-0.2, -0.15) is 0 Å². The molecule has 1 saturated heterocycles. The first kappa shape index (κ1) is 11.1. The zero-order valence-electron chi connectivity index (χ0n) is 7.28. The molecule has 1 heterocycles. The molecule has 0 unspecified atom stereocenters. The van der Waals surface area contributed by atoms with Crippen molar-refractivity contribution < 1.29 is 14.3 Å². The van der Waals surface area contributed by atoms with E-state index in [0.29, 0.717) is 12.8 Å². The van der Waals surface area contributed by atoms with Crippen molar-refractivity contribution in [1.29, 1.82) is 0 Å². The van der Waals surface area contributed by atoms with Crippen LogP contribution in [0, 0.1) is 0 Å². The summed E-state index contributed by atoms with van der Waals surface area (Å²) in [6.07, 6.45) is 1.09. The quantitative estimate of drug-likeness (QED) is 0.576. The van der Waals surface area contributed by atoms with Crippen LogP contribution in [-0.2, 0) is 14.3 Å². The van der Waals surface area contributed by atoms with Crippen molar-refractivity contribution in [3.05, 3.63) is 0 Å². The number of Topliss-reactive ketones (excluding diaryl/α,β-unsaturated/α-hetero) is 2. The fourth-order valence-corrected chi connectivity index (χ4v) is 2.92. The molecule has 0 aromatic rings. The molecular formula is C8H12O3S2. The molecule has 0 amide bonds.